The maximum atomic E-state index is 12.0. The van der Waals surface area contributed by atoms with E-state index in [0.29, 0.717) is 5.69 Å². The van der Waals surface area contributed by atoms with Gasteiger partial charge < -0.3 is 0 Å². The topological polar surface area (TPSA) is 46.2 Å². The zero-order valence-electron chi connectivity index (χ0n) is 10.4. The monoisotopic (exact) mass is 263 g/mol. The van der Waals surface area contributed by atoms with E-state index in [1.165, 1.54) is 0 Å². The molecular weight excluding hydrogens is 246 g/mol. The second kappa shape index (κ2) is 5.40. The van der Waals surface area contributed by atoms with Gasteiger partial charge in [-0.05, 0) is 37.5 Å². The lowest BCUT2D eigenvalue weighted by Gasteiger charge is -2.10. The molecule has 1 aliphatic rings. The van der Waals surface area contributed by atoms with Gasteiger partial charge >= 0.3 is 0 Å². The molecule has 0 aliphatic heterocycles. The van der Waals surface area contributed by atoms with Crippen molar-refractivity contribution in [2.45, 2.75) is 19.8 Å². The Morgan fingerprint density at radius 1 is 1.17 bits per heavy atom. The first-order valence-electron chi connectivity index (χ1n) is 5.98. The summed E-state index contributed by atoms with van der Waals surface area (Å²) in [6.45, 7) is 1.97. The third kappa shape index (κ3) is 3.74. The number of allylic oxidation sites excluding steroid dienone is 3. The van der Waals surface area contributed by atoms with Gasteiger partial charge in [-0.2, -0.15) is 0 Å². The highest BCUT2D eigenvalue weighted by molar-refractivity contribution is 7.92. The largest absolute Gasteiger partial charge is 0.283 e. The van der Waals surface area contributed by atoms with Gasteiger partial charge in [-0.25, -0.2) is 8.42 Å². The Labute approximate surface area is 108 Å². The van der Waals surface area contributed by atoms with Gasteiger partial charge in [0.05, 0.1) is 5.75 Å². The minimum Gasteiger partial charge on any atom is -0.283 e. The van der Waals surface area contributed by atoms with Crippen LogP contribution in [0.4, 0.5) is 5.69 Å². The van der Waals surface area contributed by atoms with E-state index >= 15 is 0 Å². The Balaban J connectivity index is 2.05. The van der Waals surface area contributed by atoms with Crippen LogP contribution in [0.3, 0.4) is 0 Å². The third-order valence-corrected chi connectivity index (χ3v) is 4.01. The zero-order valence-corrected chi connectivity index (χ0v) is 11.2. The smallest absolute Gasteiger partial charge is 0.236 e. The molecule has 4 heteroatoms. The van der Waals surface area contributed by atoms with Crippen molar-refractivity contribution in [2.24, 2.45) is 0 Å². The predicted octanol–water partition coefficient (Wildman–Crippen LogP) is 3.01. The molecule has 18 heavy (non-hydrogen) atoms. The summed E-state index contributed by atoms with van der Waals surface area (Å²) in [5.74, 6) is 0.0391. The van der Waals surface area contributed by atoms with Crippen LogP contribution < -0.4 is 4.72 Å². The van der Waals surface area contributed by atoms with Gasteiger partial charge in [0.15, 0.2) is 0 Å². The normalized spacial score (nSPS) is 15.3. The van der Waals surface area contributed by atoms with Crippen molar-refractivity contribution in [1.82, 2.24) is 0 Å². The first kappa shape index (κ1) is 12.9. The van der Waals surface area contributed by atoms with Crippen molar-refractivity contribution in [2.75, 3.05) is 10.5 Å². The number of anilines is 1. The fourth-order valence-corrected chi connectivity index (χ4v) is 3.05. The van der Waals surface area contributed by atoms with Crippen LogP contribution in [-0.2, 0) is 10.0 Å². The van der Waals surface area contributed by atoms with E-state index in [-0.39, 0.29) is 5.75 Å². The minimum absolute atomic E-state index is 0.0391. The summed E-state index contributed by atoms with van der Waals surface area (Å²) in [6.07, 6.45) is 7.80. The molecule has 0 aromatic heterocycles. The Kier molecular flexibility index (Phi) is 3.87. The number of sulfonamides is 1. The second-order valence-electron chi connectivity index (χ2n) is 4.49. The summed E-state index contributed by atoms with van der Waals surface area (Å²) in [5, 5.41) is 0. The number of nitrogens with one attached hydrogen (secondary N) is 1. The summed E-state index contributed by atoms with van der Waals surface area (Å²) in [7, 11) is -3.32. The summed E-state index contributed by atoms with van der Waals surface area (Å²) in [4.78, 5) is 0. The number of aryl methyl sites for hydroxylation is 1. The van der Waals surface area contributed by atoms with Crippen LogP contribution in [0.5, 0.6) is 0 Å². The number of hydrogen-bond donors (Lipinski definition) is 1. The number of rotatable bonds is 4. The van der Waals surface area contributed by atoms with Crippen molar-refractivity contribution >= 4 is 15.7 Å². The highest BCUT2D eigenvalue weighted by Crippen LogP contribution is 2.15. The van der Waals surface area contributed by atoms with Gasteiger partial charge in [-0.15, -0.1) is 0 Å². The SMILES string of the molecule is Cc1ccc(NS(=O)(=O)CC2=CCCC=C2)cc1. The third-order valence-electron chi connectivity index (χ3n) is 2.75. The second-order valence-corrected chi connectivity index (χ2v) is 6.21. The van der Waals surface area contributed by atoms with E-state index in [0.717, 1.165) is 24.0 Å². The fourth-order valence-electron chi connectivity index (χ4n) is 1.83. The molecule has 0 radical (unpaired) electrons. The van der Waals surface area contributed by atoms with Gasteiger partial charge in [-0.3, -0.25) is 4.72 Å². The van der Waals surface area contributed by atoms with E-state index < -0.39 is 10.0 Å². The van der Waals surface area contributed by atoms with Crippen molar-refractivity contribution in [3.63, 3.8) is 0 Å². The lowest BCUT2D eigenvalue weighted by atomic mass is 10.1. The molecule has 1 aromatic rings. The first-order chi connectivity index (χ1) is 8.55. The lowest BCUT2D eigenvalue weighted by Crippen LogP contribution is -2.18. The molecule has 3 nitrogen and oxygen atoms in total. The molecule has 1 aromatic carbocycles. The molecular formula is C14H17NO2S. The zero-order chi connectivity index (χ0) is 13.0. The van der Waals surface area contributed by atoms with Crippen molar-refractivity contribution in [1.29, 1.82) is 0 Å². The molecule has 0 heterocycles. The van der Waals surface area contributed by atoms with Gasteiger partial charge in [0.1, 0.15) is 0 Å². The summed E-state index contributed by atoms with van der Waals surface area (Å²) < 4.78 is 26.5. The summed E-state index contributed by atoms with van der Waals surface area (Å²) in [5.41, 5.74) is 2.58. The van der Waals surface area contributed by atoms with Crippen LogP contribution in [0.15, 0.2) is 48.1 Å². The molecule has 0 spiro atoms. The van der Waals surface area contributed by atoms with Gasteiger partial charge in [0, 0.05) is 5.69 Å². The Morgan fingerprint density at radius 3 is 2.50 bits per heavy atom. The van der Waals surface area contributed by atoms with Crippen LogP contribution in [0.25, 0.3) is 0 Å². The number of hydrogen-bond acceptors (Lipinski definition) is 2. The van der Waals surface area contributed by atoms with Gasteiger partial charge in [0.25, 0.3) is 0 Å². The molecule has 1 aliphatic carbocycles. The van der Waals surface area contributed by atoms with Crippen LogP contribution in [0, 0.1) is 6.92 Å². The quantitative estimate of drug-likeness (QED) is 0.907. The molecule has 1 N–H and O–H groups in total. The van der Waals surface area contributed by atoms with Crippen LogP contribution in [0.2, 0.25) is 0 Å². The standard InChI is InChI=1S/C14H17NO2S/c1-12-7-9-14(10-8-12)15-18(16,17)11-13-5-3-2-4-6-13/h3,5-10,15H,2,4,11H2,1H3. The summed E-state index contributed by atoms with van der Waals surface area (Å²) in [6, 6.07) is 7.32. The lowest BCUT2D eigenvalue weighted by molar-refractivity contribution is 0.603. The molecule has 0 bridgehead atoms. The van der Waals surface area contributed by atoms with Crippen molar-refractivity contribution in [3.8, 4) is 0 Å². The van der Waals surface area contributed by atoms with E-state index in [1.807, 2.05) is 37.3 Å². The van der Waals surface area contributed by atoms with E-state index in [9.17, 15) is 8.42 Å². The maximum absolute atomic E-state index is 12.0. The Bertz CT molecular complexity index is 568. The molecule has 2 rings (SSSR count). The summed E-state index contributed by atoms with van der Waals surface area (Å²) >= 11 is 0. The van der Waals surface area contributed by atoms with Crippen LogP contribution >= 0.6 is 0 Å². The van der Waals surface area contributed by atoms with Crippen LogP contribution in [-0.4, -0.2) is 14.2 Å². The highest BCUT2D eigenvalue weighted by Gasteiger charge is 2.12. The Hall–Kier alpha value is -1.55. The minimum atomic E-state index is -3.32. The average Bonchev–Trinajstić information content (AvgIpc) is 2.32. The maximum Gasteiger partial charge on any atom is 0.236 e. The molecule has 0 unspecified atom stereocenters. The molecule has 0 fully saturated rings. The fraction of sp³-hybridized carbons (Fsp3) is 0.286. The van der Waals surface area contributed by atoms with Crippen LogP contribution in [0.1, 0.15) is 18.4 Å². The average molecular weight is 263 g/mol. The van der Waals surface area contributed by atoms with E-state index in [4.69, 9.17) is 0 Å². The Morgan fingerprint density at radius 2 is 1.89 bits per heavy atom. The van der Waals surface area contributed by atoms with E-state index in [2.05, 4.69) is 4.72 Å². The molecule has 0 amide bonds. The van der Waals surface area contributed by atoms with Gasteiger partial charge in [-0.1, -0.05) is 35.9 Å². The predicted molar refractivity (Wildman–Crippen MR) is 75.0 cm³/mol. The van der Waals surface area contributed by atoms with Crippen molar-refractivity contribution < 1.29 is 8.42 Å². The first-order valence-corrected chi connectivity index (χ1v) is 7.63. The van der Waals surface area contributed by atoms with E-state index in [1.54, 1.807) is 12.1 Å². The highest BCUT2D eigenvalue weighted by atomic mass is 32.2. The molecule has 0 saturated carbocycles. The molecule has 0 saturated heterocycles. The molecule has 96 valence electrons. The van der Waals surface area contributed by atoms with Crippen molar-refractivity contribution in [3.05, 3.63) is 53.6 Å². The molecule has 0 atom stereocenters. The number of benzene rings is 1. The van der Waals surface area contributed by atoms with Gasteiger partial charge in [0.2, 0.25) is 10.0 Å².